The van der Waals surface area contributed by atoms with Crippen molar-refractivity contribution in [3.63, 3.8) is 0 Å². The Morgan fingerprint density at radius 1 is 0.957 bits per heavy atom. The summed E-state index contributed by atoms with van der Waals surface area (Å²) in [5.41, 5.74) is 0.897. The number of benzene rings is 3. The van der Waals surface area contributed by atoms with Gasteiger partial charge in [-0.15, -0.1) is 0 Å². The van der Waals surface area contributed by atoms with Crippen LogP contribution in [0, 0.1) is 0 Å². The number of anilines is 1. The summed E-state index contributed by atoms with van der Waals surface area (Å²) in [7, 11) is 1.50. The van der Waals surface area contributed by atoms with Crippen LogP contribution in [0.25, 0.3) is 5.69 Å². The maximum absolute atomic E-state index is 14.1. The molecule has 3 aromatic carbocycles. The van der Waals surface area contributed by atoms with Gasteiger partial charge >= 0.3 is 6.18 Å². The molecule has 0 unspecified atom stereocenters. The molecule has 0 aliphatic carbocycles. The van der Waals surface area contributed by atoms with E-state index in [2.05, 4.69) is 10.6 Å². The van der Waals surface area contributed by atoms with E-state index >= 15 is 0 Å². The zero-order valence-electron chi connectivity index (χ0n) is 24.7. The Hall–Kier alpha value is -4.06. The lowest BCUT2D eigenvalue weighted by atomic mass is 9.98. The molecule has 0 saturated heterocycles. The molecule has 240 valence electrons. The number of aromatic nitrogens is 2. The molecular weight excluding hydrogens is 666 g/mol. The molecule has 2 heterocycles. The fourth-order valence-electron chi connectivity index (χ4n) is 5.28. The van der Waals surface area contributed by atoms with Crippen LogP contribution in [0.2, 0.25) is 15.1 Å². The van der Waals surface area contributed by atoms with Gasteiger partial charge in [-0.05, 0) is 80.4 Å². The standard InChI is InChI=1S/C32H27Cl3F3N5O3/c1-16-12-22-27(15-42(16)29(45)20-7-11-24(33)26(35)14-20)41-31(40-17(2)19-6-10-23(25(34)13-19)32(36,37)38)43(30(22)46)21-8-4-18(5-9-21)28(44)39-3/h4-11,13-14,16-17H,12,15H2,1-3H3,(H,39,44)(H,40,41)/t16-,17-/m1/s1. The molecule has 2 atom stereocenters. The summed E-state index contributed by atoms with van der Waals surface area (Å²) in [5.74, 6) is -0.555. The summed E-state index contributed by atoms with van der Waals surface area (Å²) >= 11 is 18.2. The molecule has 0 fully saturated rings. The first-order valence-electron chi connectivity index (χ1n) is 14.1. The quantitative estimate of drug-likeness (QED) is 0.221. The van der Waals surface area contributed by atoms with Gasteiger partial charge in [-0.25, -0.2) is 9.55 Å². The predicted octanol–water partition coefficient (Wildman–Crippen LogP) is 7.33. The second-order valence-corrected chi connectivity index (χ2v) is 12.1. The fourth-order valence-corrected chi connectivity index (χ4v) is 5.87. The van der Waals surface area contributed by atoms with Crippen molar-refractivity contribution in [2.24, 2.45) is 0 Å². The lowest BCUT2D eigenvalue weighted by Crippen LogP contribution is -2.46. The molecule has 0 spiro atoms. The van der Waals surface area contributed by atoms with Crippen molar-refractivity contribution in [1.82, 2.24) is 19.8 Å². The molecule has 5 rings (SSSR count). The largest absolute Gasteiger partial charge is 0.417 e. The number of nitrogens with zero attached hydrogens (tertiary/aromatic N) is 3. The highest BCUT2D eigenvalue weighted by molar-refractivity contribution is 6.42. The molecule has 2 N–H and O–H groups in total. The Morgan fingerprint density at radius 3 is 2.24 bits per heavy atom. The first kappa shape index (κ1) is 33.3. The third-order valence-corrected chi connectivity index (χ3v) is 8.85. The van der Waals surface area contributed by atoms with Gasteiger partial charge < -0.3 is 15.5 Å². The number of fused-ring (bicyclic) bond motifs is 1. The van der Waals surface area contributed by atoms with Gasteiger partial charge in [0.2, 0.25) is 5.95 Å². The van der Waals surface area contributed by atoms with Gasteiger partial charge in [0, 0.05) is 29.8 Å². The monoisotopic (exact) mass is 691 g/mol. The number of halogens is 6. The van der Waals surface area contributed by atoms with E-state index in [1.807, 2.05) is 6.92 Å². The number of alkyl halides is 3. The second kappa shape index (κ2) is 13.0. The van der Waals surface area contributed by atoms with Crippen molar-refractivity contribution < 1.29 is 22.8 Å². The van der Waals surface area contributed by atoms with E-state index in [0.29, 0.717) is 38.7 Å². The predicted molar refractivity (Wildman–Crippen MR) is 171 cm³/mol. The molecule has 2 amide bonds. The van der Waals surface area contributed by atoms with Crippen molar-refractivity contribution in [1.29, 1.82) is 0 Å². The van der Waals surface area contributed by atoms with Crippen molar-refractivity contribution in [3.8, 4) is 5.69 Å². The van der Waals surface area contributed by atoms with E-state index < -0.39 is 28.4 Å². The third-order valence-electron chi connectivity index (χ3n) is 7.80. The highest BCUT2D eigenvalue weighted by Gasteiger charge is 2.34. The molecule has 0 bridgehead atoms. The summed E-state index contributed by atoms with van der Waals surface area (Å²) in [4.78, 5) is 46.1. The van der Waals surface area contributed by atoms with Crippen molar-refractivity contribution >= 4 is 52.6 Å². The number of carbonyl (C=O) groups is 2. The smallest absolute Gasteiger partial charge is 0.355 e. The van der Waals surface area contributed by atoms with Crippen LogP contribution in [-0.4, -0.2) is 39.4 Å². The van der Waals surface area contributed by atoms with Crippen LogP contribution >= 0.6 is 34.8 Å². The van der Waals surface area contributed by atoms with Gasteiger partial charge in [-0.2, -0.15) is 13.2 Å². The molecule has 0 saturated carbocycles. The summed E-state index contributed by atoms with van der Waals surface area (Å²) < 4.78 is 41.3. The number of rotatable bonds is 6. The Balaban J connectivity index is 1.57. The molecule has 4 aromatic rings. The van der Waals surface area contributed by atoms with E-state index in [0.717, 1.165) is 6.07 Å². The van der Waals surface area contributed by atoms with Crippen LogP contribution in [0.3, 0.4) is 0 Å². The minimum atomic E-state index is -4.62. The van der Waals surface area contributed by atoms with E-state index in [-0.39, 0.29) is 41.8 Å². The first-order valence-corrected chi connectivity index (χ1v) is 15.2. The molecular formula is C32H27Cl3F3N5O3. The molecule has 8 nitrogen and oxygen atoms in total. The molecule has 1 aliphatic rings. The number of carbonyl (C=O) groups excluding carboxylic acids is 2. The summed E-state index contributed by atoms with van der Waals surface area (Å²) in [6, 6.07) is 13.3. The van der Waals surface area contributed by atoms with Gasteiger partial charge in [-0.3, -0.25) is 14.4 Å². The number of hydrogen-bond acceptors (Lipinski definition) is 5. The van der Waals surface area contributed by atoms with Crippen LogP contribution in [0.1, 0.15) is 63.0 Å². The Morgan fingerprint density at radius 2 is 1.63 bits per heavy atom. The first-order chi connectivity index (χ1) is 21.7. The molecule has 1 aliphatic heterocycles. The van der Waals surface area contributed by atoms with Gasteiger partial charge in [0.05, 0.1) is 44.6 Å². The molecule has 14 heteroatoms. The van der Waals surface area contributed by atoms with Crippen LogP contribution < -0.4 is 16.2 Å². The summed E-state index contributed by atoms with van der Waals surface area (Å²) in [5, 5.41) is 5.75. The van der Waals surface area contributed by atoms with Crippen molar-refractivity contribution in [3.05, 3.63) is 120 Å². The highest BCUT2D eigenvalue weighted by Crippen LogP contribution is 2.36. The maximum atomic E-state index is 14.1. The van der Waals surface area contributed by atoms with Crippen molar-refractivity contribution in [2.45, 2.75) is 45.1 Å². The topological polar surface area (TPSA) is 96.3 Å². The highest BCUT2D eigenvalue weighted by atomic mass is 35.5. The summed E-state index contributed by atoms with van der Waals surface area (Å²) in [6.07, 6.45) is -4.42. The van der Waals surface area contributed by atoms with Crippen LogP contribution in [-0.2, 0) is 19.1 Å². The maximum Gasteiger partial charge on any atom is 0.417 e. The average molecular weight is 693 g/mol. The van der Waals surface area contributed by atoms with Crippen LogP contribution in [0.4, 0.5) is 19.1 Å². The fraction of sp³-hybridized carbons (Fsp3) is 0.250. The Kier molecular flexibility index (Phi) is 9.40. The third kappa shape index (κ3) is 6.58. The summed E-state index contributed by atoms with van der Waals surface area (Å²) in [6.45, 7) is 3.52. The zero-order chi connectivity index (χ0) is 33.5. The molecule has 46 heavy (non-hydrogen) atoms. The Bertz CT molecular complexity index is 1900. The van der Waals surface area contributed by atoms with Gasteiger partial charge in [0.25, 0.3) is 17.4 Å². The van der Waals surface area contributed by atoms with Gasteiger partial charge in [0.15, 0.2) is 0 Å². The number of amides is 2. The lowest BCUT2D eigenvalue weighted by molar-refractivity contribution is -0.137. The minimum absolute atomic E-state index is 0.0104. The number of hydrogen-bond donors (Lipinski definition) is 2. The SMILES string of the molecule is CNC(=O)c1ccc(-n2c(N[C@H](C)c3ccc(C(F)(F)F)c(Cl)c3)nc3c(c2=O)C[C@@H](C)N(C(=O)c2ccc(Cl)c(Cl)c2)C3)cc1. The number of nitrogens with one attached hydrogen (secondary N) is 2. The van der Waals surface area contributed by atoms with Crippen LogP contribution in [0.15, 0.2) is 65.5 Å². The van der Waals surface area contributed by atoms with Gasteiger partial charge in [0.1, 0.15) is 0 Å². The lowest BCUT2D eigenvalue weighted by Gasteiger charge is -2.35. The zero-order valence-corrected chi connectivity index (χ0v) is 26.9. The minimum Gasteiger partial charge on any atom is -0.355 e. The Labute approximate surface area is 277 Å². The molecule has 0 radical (unpaired) electrons. The second-order valence-electron chi connectivity index (χ2n) is 10.8. The van der Waals surface area contributed by atoms with Crippen LogP contribution in [0.5, 0.6) is 0 Å². The molecule has 1 aromatic heterocycles. The van der Waals surface area contributed by atoms with E-state index in [9.17, 15) is 27.6 Å². The normalized spacial score (nSPS) is 15.2. The van der Waals surface area contributed by atoms with E-state index in [1.165, 1.54) is 35.9 Å². The van der Waals surface area contributed by atoms with E-state index in [1.54, 1.807) is 42.2 Å². The van der Waals surface area contributed by atoms with E-state index in [4.69, 9.17) is 39.8 Å². The average Bonchev–Trinajstić information content (AvgIpc) is 3.01. The van der Waals surface area contributed by atoms with Crippen molar-refractivity contribution in [2.75, 3.05) is 12.4 Å². The van der Waals surface area contributed by atoms with Gasteiger partial charge in [-0.1, -0.05) is 40.9 Å².